The Balaban J connectivity index is 2.15. The van der Waals surface area contributed by atoms with E-state index in [0.717, 1.165) is 12.3 Å². The van der Waals surface area contributed by atoms with Gasteiger partial charge in [-0.25, -0.2) is 0 Å². The second kappa shape index (κ2) is 6.41. The second-order valence-corrected chi connectivity index (χ2v) is 4.71. The Morgan fingerprint density at radius 2 is 1.93 bits per heavy atom. The van der Waals surface area contributed by atoms with Gasteiger partial charge in [0.1, 0.15) is 0 Å². The molecule has 0 aromatic carbocycles. The molecular formula is C12H25NO. The molecule has 84 valence electrons. The van der Waals surface area contributed by atoms with E-state index in [1.807, 2.05) is 0 Å². The summed E-state index contributed by atoms with van der Waals surface area (Å²) in [7, 11) is 0. The molecule has 2 nitrogen and oxygen atoms in total. The van der Waals surface area contributed by atoms with Gasteiger partial charge in [-0.3, -0.25) is 0 Å². The topological polar surface area (TPSA) is 32.3 Å². The Kier molecular flexibility index (Phi) is 5.49. The van der Waals surface area contributed by atoms with Gasteiger partial charge in [0.05, 0.1) is 0 Å². The molecule has 0 radical (unpaired) electrons. The van der Waals surface area contributed by atoms with E-state index in [-0.39, 0.29) is 0 Å². The van der Waals surface area contributed by atoms with Crippen LogP contribution in [0.15, 0.2) is 0 Å². The highest BCUT2D eigenvalue weighted by Gasteiger charge is 2.20. The first-order chi connectivity index (χ1) is 6.76. The highest BCUT2D eigenvalue weighted by molar-refractivity contribution is 4.78. The lowest BCUT2D eigenvalue weighted by Crippen LogP contribution is -2.39. The molecule has 1 rings (SSSR count). The molecule has 14 heavy (non-hydrogen) atoms. The highest BCUT2D eigenvalue weighted by atomic mass is 16.3. The van der Waals surface area contributed by atoms with Crippen LogP contribution in [0.1, 0.15) is 52.4 Å². The highest BCUT2D eigenvalue weighted by Crippen LogP contribution is 2.26. The van der Waals surface area contributed by atoms with Crippen LogP contribution < -0.4 is 5.32 Å². The van der Waals surface area contributed by atoms with Crippen molar-refractivity contribution in [3.8, 4) is 0 Å². The standard InChI is InChI=1S/C12H25NO/c1-3-11-4-6-12(7-5-11)13-10(2)8-9-14/h10-14H,3-9H2,1-2H3/t10-,11?,12?/m1/s1. The second-order valence-electron chi connectivity index (χ2n) is 4.71. The quantitative estimate of drug-likeness (QED) is 0.712. The normalized spacial score (nSPS) is 30.2. The molecule has 0 unspecified atom stereocenters. The molecule has 0 heterocycles. The smallest absolute Gasteiger partial charge is 0.0445 e. The summed E-state index contributed by atoms with van der Waals surface area (Å²) in [5.74, 6) is 0.973. The van der Waals surface area contributed by atoms with Crippen LogP contribution in [0.2, 0.25) is 0 Å². The van der Waals surface area contributed by atoms with Gasteiger partial charge in [0.25, 0.3) is 0 Å². The molecule has 0 spiro atoms. The van der Waals surface area contributed by atoms with E-state index < -0.39 is 0 Å². The fraction of sp³-hybridized carbons (Fsp3) is 1.00. The Morgan fingerprint density at radius 1 is 1.29 bits per heavy atom. The molecule has 0 aromatic rings. The molecule has 0 amide bonds. The summed E-state index contributed by atoms with van der Waals surface area (Å²) in [5, 5.41) is 12.4. The maximum absolute atomic E-state index is 8.81. The molecule has 0 bridgehead atoms. The zero-order valence-electron chi connectivity index (χ0n) is 9.63. The van der Waals surface area contributed by atoms with Gasteiger partial charge in [-0.2, -0.15) is 0 Å². The van der Waals surface area contributed by atoms with Crippen molar-refractivity contribution in [1.29, 1.82) is 0 Å². The lowest BCUT2D eigenvalue weighted by Gasteiger charge is -2.30. The summed E-state index contributed by atoms with van der Waals surface area (Å²) in [6, 6.07) is 1.18. The van der Waals surface area contributed by atoms with Gasteiger partial charge >= 0.3 is 0 Å². The van der Waals surface area contributed by atoms with Crippen LogP contribution in [0, 0.1) is 5.92 Å². The van der Waals surface area contributed by atoms with Crippen LogP contribution in [0.5, 0.6) is 0 Å². The minimum Gasteiger partial charge on any atom is -0.396 e. The van der Waals surface area contributed by atoms with Crippen LogP contribution >= 0.6 is 0 Å². The van der Waals surface area contributed by atoms with E-state index in [1.54, 1.807) is 0 Å². The predicted molar refractivity (Wildman–Crippen MR) is 60.3 cm³/mol. The van der Waals surface area contributed by atoms with E-state index >= 15 is 0 Å². The minimum absolute atomic E-state index is 0.304. The third-order valence-corrected chi connectivity index (χ3v) is 3.51. The average Bonchev–Trinajstić information content (AvgIpc) is 2.19. The van der Waals surface area contributed by atoms with E-state index in [1.165, 1.54) is 32.1 Å². The van der Waals surface area contributed by atoms with Crippen molar-refractivity contribution in [3.63, 3.8) is 0 Å². The number of nitrogens with one attached hydrogen (secondary N) is 1. The number of rotatable bonds is 5. The van der Waals surface area contributed by atoms with Gasteiger partial charge in [0.15, 0.2) is 0 Å². The van der Waals surface area contributed by atoms with Crippen molar-refractivity contribution < 1.29 is 5.11 Å². The summed E-state index contributed by atoms with van der Waals surface area (Å²) >= 11 is 0. The van der Waals surface area contributed by atoms with Gasteiger partial charge in [-0.15, -0.1) is 0 Å². The number of aliphatic hydroxyl groups excluding tert-OH is 1. The zero-order valence-corrected chi connectivity index (χ0v) is 9.63. The van der Waals surface area contributed by atoms with Crippen molar-refractivity contribution in [2.75, 3.05) is 6.61 Å². The van der Waals surface area contributed by atoms with Crippen LogP contribution in [-0.2, 0) is 0 Å². The maximum atomic E-state index is 8.81. The van der Waals surface area contributed by atoms with Gasteiger partial charge in [0, 0.05) is 18.7 Å². The first kappa shape index (κ1) is 12.0. The first-order valence-corrected chi connectivity index (χ1v) is 6.13. The van der Waals surface area contributed by atoms with Crippen molar-refractivity contribution >= 4 is 0 Å². The summed E-state index contributed by atoms with van der Waals surface area (Å²) in [6.45, 7) is 4.77. The van der Waals surface area contributed by atoms with Gasteiger partial charge in [0.2, 0.25) is 0 Å². The third-order valence-electron chi connectivity index (χ3n) is 3.51. The predicted octanol–water partition coefficient (Wildman–Crippen LogP) is 2.32. The Morgan fingerprint density at radius 3 is 2.43 bits per heavy atom. The molecule has 2 heteroatoms. The lowest BCUT2D eigenvalue weighted by molar-refractivity contribution is 0.237. The van der Waals surface area contributed by atoms with Crippen molar-refractivity contribution in [2.24, 2.45) is 5.92 Å². The van der Waals surface area contributed by atoms with Crippen molar-refractivity contribution in [1.82, 2.24) is 5.32 Å². The molecule has 1 aliphatic carbocycles. The molecule has 1 atom stereocenters. The molecule has 1 fully saturated rings. The Labute approximate surface area is 88.1 Å². The lowest BCUT2D eigenvalue weighted by atomic mass is 9.84. The van der Waals surface area contributed by atoms with Crippen LogP contribution in [0.3, 0.4) is 0 Å². The van der Waals surface area contributed by atoms with E-state index in [4.69, 9.17) is 5.11 Å². The van der Waals surface area contributed by atoms with Gasteiger partial charge < -0.3 is 10.4 Å². The molecule has 1 saturated carbocycles. The average molecular weight is 199 g/mol. The number of hydrogen-bond acceptors (Lipinski definition) is 2. The fourth-order valence-electron chi connectivity index (χ4n) is 2.42. The Bertz CT molecular complexity index is 141. The molecule has 1 aliphatic rings. The molecule has 2 N–H and O–H groups in total. The molecular weight excluding hydrogens is 174 g/mol. The first-order valence-electron chi connectivity index (χ1n) is 6.13. The molecule has 0 aromatic heterocycles. The maximum Gasteiger partial charge on any atom is 0.0445 e. The SMILES string of the molecule is CCC1CCC(N[C@H](C)CCO)CC1. The fourth-order valence-corrected chi connectivity index (χ4v) is 2.42. The minimum atomic E-state index is 0.304. The van der Waals surface area contributed by atoms with Gasteiger partial charge in [-0.05, 0) is 44.9 Å². The third kappa shape index (κ3) is 3.97. The monoisotopic (exact) mass is 199 g/mol. The summed E-state index contributed by atoms with van der Waals surface area (Å²) in [6.07, 6.45) is 7.66. The van der Waals surface area contributed by atoms with E-state index in [2.05, 4.69) is 19.2 Å². The van der Waals surface area contributed by atoms with Crippen molar-refractivity contribution in [2.45, 2.75) is 64.5 Å². The summed E-state index contributed by atoms with van der Waals surface area (Å²) in [4.78, 5) is 0. The van der Waals surface area contributed by atoms with E-state index in [0.29, 0.717) is 18.7 Å². The summed E-state index contributed by atoms with van der Waals surface area (Å²) in [5.41, 5.74) is 0. The molecule has 0 aliphatic heterocycles. The summed E-state index contributed by atoms with van der Waals surface area (Å²) < 4.78 is 0. The van der Waals surface area contributed by atoms with Crippen molar-refractivity contribution in [3.05, 3.63) is 0 Å². The molecule has 0 saturated heterocycles. The van der Waals surface area contributed by atoms with E-state index in [9.17, 15) is 0 Å². The zero-order chi connectivity index (χ0) is 10.4. The largest absolute Gasteiger partial charge is 0.396 e. The number of hydrogen-bond donors (Lipinski definition) is 2. The van der Waals surface area contributed by atoms with Gasteiger partial charge in [-0.1, -0.05) is 13.3 Å². The Hall–Kier alpha value is -0.0800. The van der Waals surface area contributed by atoms with Crippen LogP contribution in [0.25, 0.3) is 0 Å². The van der Waals surface area contributed by atoms with Crippen LogP contribution in [-0.4, -0.2) is 23.8 Å². The number of aliphatic hydroxyl groups is 1. The van der Waals surface area contributed by atoms with Crippen LogP contribution in [0.4, 0.5) is 0 Å².